The van der Waals surface area contributed by atoms with E-state index in [0.29, 0.717) is 33.1 Å². The van der Waals surface area contributed by atoms with Crippen molar-refractivity contribution in [3.63, 3.8) is 0 Å². The Hall–Kier alpha value is -4.44. The molecule has 0 bridgehead atoms. The maximum absolute atomic E-state index is 13.4. The predicted octanol–water partition coefficient (Wildman–Crippen LogP) is 6.59. The number of rotatable bonds is 3. The van der Waals surface area contributed by atoms with Gasteiger partial charge >= 0.3 is 5.63 Å². The molecular formula is C28H16O4. The first kappa shape index (κ1) is 18.3. The normalized spacial score (nSPS) is 11.4. The largest absolute Gasteiger partial charge is 0.452 e. The quantitative estimate of drug-likeness (QED) is 0.185. The van der Waals surface area contributed by atoms with Crippen molar-refractivity contribution in [1.82, 2.24) is 0 Å². The lowest BCUT2D eigenvalue weighted by atomic mass is 9.96. The molecule has 4 aromatic carbocycles. The second-order valence-electron chi connectivity index (χ2n) is 7.62. The van der Waals surface area contributed by atoms with E-state index in [4.69, 9.17) is 8.83 Å². The third kappa shape index (κ3) is 2.70. The molecule has 0 fully saturated rings. The van der Waals surface area contributed by atoms with Gasteiger partial charge in [-0.15, -0.1) is 0 Å². The van der Waals surface area contributed by atoms with E-state index in [1.165, 1.54) is 0 Å². The molecule has 4 heteroatoms. The summed E-state index contributed by atoms with van der Waals surface area (Å²) in [6.45, 7) is 0. The highest BCUT2D eigenvalue weighted by atomic mass is 16.4. The molecule has 0 amide bonds. The molecule has 0 aliphatic rings. The van der Waals surface area contributed by atoms with Gasteiger partial charge in [0.05, 0.1) is 10.8 Å². The van der Waals surface area contributed by atoms with Crippen LogP contribution < -0.4 is 5.63 Å². The Balaban J connectivity index is 1.78. The van der Waals surface area contributed by atoms with Crippen LogP contribution in [0, 0.1) is 0 Å². The first-order chi connectivity index (χ1) is 15.7. The number of fused-ring (bicyclic) bond motifs is 5. The first-order valence-electron chi connectivity index (χ1n) is 10.3. The zero-order valence-electron chi connectivity index (χ0n) is 16.9. The minimum Gasteiger partial charge on any atom is -0.452 e. The van der Waals surface area contributed by atoms with E-state index in [9.17, 15) is 9.59 Å². The summed E-state index contributed by atoms with van der Waals surface area (Å²) < 4.78 is 11.9. The molecule has 0 spiro atoms. The average Bonchev–Trinajstić information content (AvgIpc) is 3.25. The molecule has 0 aliphatic heterocycles. The number of hydrogen-bond donors (Lipinski definition) is 0. The van der Waals surface area contributed by atoms with Crippen molar-refractivity contribution in [3.05, 3.63) is 119 Å². The van der Waals surface area contributed by atoms with Gasteiger partial charge in [0, 0.05) is 16.5 Å². The topological polar surface area (TPSA) is 60.4 Å². The third-order valence-corrected chi connectivity index (χ3v) is 5.75. The highest BCUT2D eigenvalue weighted by molar-refractivity contribution is 6.22. The van der Waals surface area contributed by atoms with Crippen molar-refractivity contribution in [1.29, 1.82) is 0 Å². The Kier molecular flexibility index (Phi) is 4.05. The summed E-state index contributed by atoms with van der Waals surface area (Å²) in [5.41, 5.74) is 2.46. The van der Waals surface area contributed by atoms with Crippen molar-refractivity contribution >= 4 is 38.5 Å². The lowest BCUT2D eigenvalue weighted by molar-refractivity contribution is 0.101. The van der Waals surface area contributed by atoms with Crippen molar-refractivity contribution in [3.8, 4) is 11.1 Å². The molecule has 0 radical (unpaired) electrons. The zero-order valence-corrected chi connectivity index (χ0v) is 16.9. The minimum atomic E-state index is -0.420. The van der Waals surface area contributed by atoms with Crippen LogP contribution in [-0.2, 0) is 0 Å². The molecule has 2 heterocycles. The van der Waals surface area contributed by atoms with Crippen LogP contribution in [0.2, 0.25) is 0 Å². The molecular weight excluding hydrogens is 400 g/mol. The molecule has 0 atom stereocenters. The first-order valence-corrected chi connectivity index (χ1v) is 10.3. The number of furan rings is 1. The van der Waals surface area contributed by atoms with Gasteiger partial charge in [0.15, 0.2) is 11.3 Å². The van der Waals surface area contributed by atoms with Gasteiger partial charge in [-0.05, 0) is 29.1 Å². The summed E-state index contributed by atoms with van der Waals surface area (Å²) in [5, 5.41) is 2.74. The summed E-state index contributed by atoms with van der Waals surface area (Å²) in [5.74, 6) is -0.00218. The molecule has 0 unspecified atom stereocenters. The van der Waals surface area contributed by atoms with Crippen molar-refractivity contribution in [2.24, 2.45) is 0 Å². The van der Waals surface area contributed by atoms with Crippen molar-refractivity contribution in [2.45, 2.75) is 0 Å². The molecule has 152 valence electrons. The predicted molar refractivity (Wildman–Crippen MR) is 125 cm³/mol. The van der Waals surface area contributed by atoms with Gasteiger partial charge in [-0.3, -0.25) is 4.79 Å². The van der Waals surface area contributed by atoms with Gasteiger partial charge in [-0.25, -0.2) is 4.79 Å². The summed E-state index contributed by atoms with van der Waals surface area (Å²) in [4.78, 5) is 26.2. The monoisotopic (exact) mass is 416 g/mol. The lowest BCUT2D eigenvalue weighted by Gasteiger charge is -2.06. The Morgan fingerprint density at radius 1 is 0.625 bits per heavy atom. The van der Waals surface area contributed by atoms with Gasteiger partial charge < -0.3 is 8.83 Å². The highest BCUT2D eigenvalue weighted by Crippen LogP contribution is 2.41. The number of carbonyl (C=O) groups excluding carboxylic acids is 1. The molecule has 2 aromatic heterocycles. The Labute approximate surface area is 182 Å². The molecule has 0 saturated carbocycles. The van der Waals surface area contributed by atoms with Crippen LogP contribution in [0.1, 0.15) is 16.1 Å². The van der Waals surface area contributed by atoms with Gasteiger partial charge in [-0.2, -0.15) is 0 Å². The SMILES string of the molecule is O=C(c1ccccc1)c1oc2ccc3c4ccccc4c(=O)oc3c2c1-c1ccccc1. The summed E-state index contributed by atoms with van der Waals surface area (Å²) >= 11 is 0. The maximum atomic E-state index is 13.4. The van der Waals surface area contributed by atoms with Crippen LogP contribution in [0.5, 0.6) is 0 Å². The molecule has 6 aromatic rings. The molecule has 32 heavy (non-hydrogen) atoms. The smallest absolute Gasteiger partial charge is 0.344 e. The highest BCUT2D eigenvalue weighted by Gasteiger charge is 2.26. The van der Waals surface area contributed by atoms with E-state index < -0.39 is 5.63 Å². The standard InChI is InChI=1S/C28H16O4/c29-25(18-11-5-2-6-12-18)27-23(17-9-3-1-4-10-17)24-22(31-27)16-15-20-19-13-7-8-14-21(19)28(30)32-26(20)24/h1-16H. The molecule has 0 aliphatic carbocycles. The van der Waals surface area contributed by atoms with E-state index in [-0.39, 0.29) is 11.5 Å². The second-order valence-corrected chi connectivity index (χ2v) is 7.62. The summed E-state index contributed by atoms with van der Waals surface area (Å²) in [6.07, 6.45) is 0. The number of hydrogen-bond acceptors (Lipinski definition) is 4. The summed E-state index contributed by atoms with van der Waals surface area (Å²) in [7, 11) is 0. The third-order valence-electron chi connectivity index (χ3n) is 5.75. The lowest BCUT2D eigenvalue weighted by Crippen LogP contribution is -2.01. The van der Waals surface area contributed by atoms with E-state index in [1.807, 2.05) is 78.9 Å². The van der Waals surface area contributed by atoms with Gasteiger partial charge in [0.1, 0.15) is 5.58 Å². The number of ketones is 1. The van der Waals surface area contributed by atoms with Crippen molar-refractivity contribution in [2.75, 3.05) is 0 Å². The second kappa shape index (κ2) is 7.06. The Morgan fingerprint density at radius 2 is 1.28 bits per heavy atom. The van der Waals surface area contributed by atoms with Crippen LogP contribution in [-0.4, -0.2) is 5.78 Å². The molecule has 0 N–H and O–H groups in total. The van der Waals surface area contributed by atoms with Crippen LogP contribution in [0.15, 0.2) is 111 Å². The molecule has 4 nitrogen and oxygen atoms in total. The van der Waals surface area contributed by atoms with Gasteiger partial charge in [0.2, 0.25) is 5.78 Å². The van der Waals surface area contributed by atoms with Crippen molar-refractivity contribution < 1.29 is 13.6 Å². The fraction of sp³-hybridized carbons (Fsp3) is 0. The van der Waals surface area contributed by atoms with Gasteiger partial charge in [-0.1, -0.05) is 78.9 Å². The number of benzene rings is 4. The molecule has 0 saturated heterocycles. The van der Waals surface area contributed by atoms with E-state index in [0.717, 1.165) is 16.3 Å². The Morgan fingerprint density at radius 3 is 2.03 bits per heavy atom. The summed E-state index contributed by atoms with van der Waals surface area (Å²) in [6, 6.07) is 29.6. The van der Waals surface area contributed by atoms with Crippen LogP contribution >= 0.6 is 0 Å². The van der Waals surface area contributed by atoms with Crippen LogP contribution in [0.4, 0.5) is 0 Å². The fourth-order valence-corrected chi connectivity index (χ4v) is 4.28. The molecule has 6 rings (SSSR count). The van der Waals surface area contributed by atoms with E-state index in [2.05, 4.69) is 0 Å². The Bertz CT molecular complexity index is 1690. The van der Waals surface area contributed by atoms with Crippen LogP contribution in [0.3, 0.4) is 0 Å². The minimum absolute atomic E-state index is 0.223. The van der Waals surface area contributed by atoms with E-state index in [1.54, 1.807) is 18.2 Å². The van der Waals surface area contributed by atoms with E-state index >= 15 is 0 Å². The average molecular weight is 416 g/mol. The fourth-order valence-electron chi connectivity index (χ4n) is 4.28. The van der Waals surface area contributed by atoms with Gasteiger partial charge in [0.25, 0.3) is 0 Å². The zero-order chi connectivity index (χ0) is 21.7. The number of carbonyl (C=O) groups is 1. The van der Waals surface area contributed by atoms with Crippen LogP contribution in [0.25, 0.3) is 43.8 Å². The maximum Gasteiger partial charge on any atom is 0.344 e.